The first-order valence-electron chi connectivity index (χ1n) is 6.03. The molecule has 0 aliphatic rings. The number of nitrogens with zero attached hydrogens (tertiary/aromatic N) is 2. The summed E-state index contributed by atoms with van der Waals surface area (Å²) in [6.07, 6.45) is 0. The van der Waals surface area contributed by atoms with E-state index in [9.17, 15) is 4.39 Å². The molecule has 2 aromatic rings. The van der Waals surface area contributed by atoms with Gasteiger partial charge in [0.05, 0.1) is 0 Å². The fraction of sp³-hybridized carbons (Fsp3) is 0.286. The zero-order valence-corrected chi connectivity index (χ0v) is 12.6. The number of hydrogen-bond acceptors (Lipinski definition) is 3. The van der Waals surface area contributed by atoms with Gasteiger partial charge < -0.3 is 5.32 Å². The van der Waals surface area contributed by atoms with Crippen molar-refractivity contribution in [3.8, 4) is 11.4 Å². The lowest BCUT2D eigenvalue weighted by molar-refractivity contribution is 0.628. The monoisotopic (exact) mass is 323 g/mol. The van der Waals surface area contributed by atoms with Crippen molar-refractivity contribution in [1.29, 1.82) is 0 Å². The van der Waals surface area contributed by atoms with Gasteiger partial charge in [-0.1, -0.05) is 29.8 Å². The molecule has 100 valence electrons. The summed E-state index contributed by atoms with van der Waals surface area (Å²) in [5.41, 5.74) is 1.57. The Kier molecular flexibility index (Phi) is 4.14. The second-order valence-corrected chi connectivity index (χ2v) is 5.38. The van der Waals surface area contributed by atoms with Crippen LogP contribution in [0.1, 0.15) is 25.5 Å². The molecule has 2 rings (SSSR count). The number of hydrogen-bond donors (Lipinski definition) is 1. The van der Waals surface area contributed by atoms with E-state index in [0.717, 1.165) is 16.0 Å². The summed E-state index contributed by atoms with van der Waals surface area (Å²) in [7, 11) is 1.80. The van der Waals surface area contributed by atoms with Crippen molar-refractivity contribution >= 4 is 21.7 Å². The summed E-state index contributed by atoms with van der Waals surface area (Å²) < 4.78 is 14.2. The Balaban J connectivity index is 2.60. The largest absolute Gasteiger partial charge is 0.373 e. The van der Waals surface area contributed by atoms with Gasteiger partial charge in [0.15, 0.2) is 5.82 Å². The summed E-state index contributed by atoms with van der Waals surface area (Å²) in [4.78, 5) is 8.89. The summed E-state index contributed by atoms with van der Waals surface area (Å²) >= 11 is 3.41. The van der Waals surface area contributed by atoms with Crippen molar-refractivity contribution in [2.24, 2.45) is 0 Å². The summed E-state index contributed by atoms with van der Waals surface area (Å²) in [6, 6.07) is 6.40. The van der Waals surface area contributed by atoms with E-state index in [4.69, 9.17) is 0 Å². The second-order valence-electron chi connectivity index (χ2n) is 4.53. The molecule has 0 atom stereocenters. The van der Waals surface area contributed by atoms with Gasteiger partial charge in [-0.3, -0.25) is 0 Å². The highest BCUT2D eigenvalue weighted by Crippen LogP contribution is 2.28. The Morgan fingerprint density at radius 1 is 1.21 bits per heavy atom. The van der Waals surface area contributed by atoms with Gasteiger partial charge in [0.1, 0.15) is 11.6 Å². The lowest BCUT2D eigenvalue weighted by Crippen LogP contribution is -2.02. The van der Waals surface area contributed by atoms with Crippen LogP contribution in [0, 0.1) is 5.82 Å². The highest BCUT2D eigenvalue weighted by molar-refractivity contribution is 9.10. The number of aromatic nitrogens is 2. The van der Waals surface area contributed by atoms with Crippen molar-refractivity contribution in [3.63, 3.8) is 0 Å². The van der Waals surface area contributed by atoms with E-state index in [0.29, 0.717) is 11.4 Å². The van der Waals surface area contributed by atoms with Crippen LogP contribution in [0.4, 0.5) is 10.2 Å². The predicted octanol–water partition coefficient (Wildman–Crippen LogP) is 4.21. The molecule has 1 aromatic carbocycles. The van der Waals surface area contributed by atoms with Gasteiger partial charge >= 0.3 is 0 Å². The maximum atomic E-state index is 13.4. The molecule has 0 saturated heterocycles. The average Bonchev–Trinajstić information content (AvgIpc) is 2.40. The molecule has 5 heteroatoms. The van der Waals surface area contributed by atoms with Crippen molar-refractivity contribution < 1.29 is 4.39 Å². The standard InChI is InChI=1S/C14H15BrFN3/c1-8(2)12-7-13(17-3)19-14(18-12)10-6-9(16)4-5-11(10)15/h4-8H,1-3H3,(H,17,18,19). The smallest absolute Gasteiger partial charge is 0.163 e. The van der Waals surface area contributed by atoms with Crippen molar-refractivity contribution in [2.45, 2.75) is 19.8 Å². The number of halogens is 2. The average molecular weight is 324 g/mol. The maximum Gasteiger partial charge on any atom is 0.163 e. The molecule has 0 amide bonds. The van der Waals surface area contributed by atoms with Gasteiger partial charge in [-0.15, -0.1) is 0 Å². The molecule has 1 N–H and O–H groups in total. The van der Waals surface area contributed by atoms with Crippen LogP contribution in [-0.2, 0) is 0 Å². The Hall–Kier alpha value is -1.49. The van der Waals surface area contributed by atoms with Gasteiger partial charge in [-0.05, 0) is 24.1 Å². The third-order valence-corrected chi connectivity index (χ3v) is 3.45. The molecule has 19 heavy (non-hydrogen) atoms. The van der Waals surface area contributed by atoms with E-state index >= 15 is 0 Å². The summed E-state index contributed by atoms with van der Waals surface area (Å²) in [5.74, 6) is 1.22. The molecule has 0 bridgehead atoms. The minimum absolute atomic E-state index is 0.279. The van der Waals surface area contributed by atoms with E-state index in [1.165, 1.54) is 12.1 Å². The maximum absolute atomic E-state index is 13.4. The van der Waals surface area contributed by atoms with Crippen LogP contribution in [0.5, 0.6) is 0 Å². The fourth-order valence-electron chi connectivity index (χ4n) is 1.68. The van der Waals surface area contributed by atoms with Crippen LogP contribution in [0.15, 0.2) is 28.7 Å². The highest BCUT2D eigenvalue weighted by atomic mass is 79.9. The number of anilines is 1. The Labute approximate surface area is 120 Å². The van der Waals surface area contributed by atoms with Gasteiger partial charge in [0, 0.05) is 28.8 Å². The fourth-order valence-corrected chi connectivity index (χ4v) is 2.10. The first kappa shape index (κ1) is 13.9. The molecule has 1 heterocycles. The van der Waals surface area contributed by atoms with Crippen LogP contribution >= 0.6 is 15.9 Å². The molecule has 0 saturated carbocycles. The van der Waals surface area contributed by atoms with Gasteiger partial charge in [-0.2, -0.15) is 0 Å². The van der Waals surface area contributed by atoms with Crippen molar-refractivity contribution in [2.75, 3.05) is 12.4 Å². The Bertz CT molecular complexity index is 599. The van der Waals surface area contributed by atoms with E-state index in [2.05, 4.69) is 45.1 Å². The van der Waals surface area contributed by atoms with Crippen LogP contribution in [0.25, 0.3) is 11.4 Å². The van der Waals surface area contributed by atoms with Crippen LogP contribution in [0.3, 0.4) is 0 Å². The Morgan fingerprint density at radius 3 is 2.58 bits per heavy atom. The van der Waals surface area contributed by atoms with Gasteiger partial charge in [-0.25, -0.2) is 14.4 Å². The van der Waals surface area contributed by atoms with E-state index in [-0.39, 0.29) is 11.7 Å². The third-order valence-electron chi connectivity index (χ3n) is 2.76. The summed E-state index contributed by atoms with van der Waals surface area (Å²) in [6.45, 7) is 4.12. The van der Waals surface area contributed by atoms with E-state index in [1.807, 2.05) is 6.07 Å². The molecular formula is C14H15BrFN3. The van der Waals surface area contributed by atoms with Crippen LogP contribution in [0.2, 0.25) is 0 Å². The minimum atomic E-state index is -0.303. The zero-order chi connectivity index (χ0) is 14.0. The van der Waals surface area contributed by atoms with Gasteiger partial charge in [0.2, 0.25) is 0 Å². The van der Waals surface area contributed by atoms with Crippen LogP contribution < -0.4 is 5.32 Å². The minimum Gasteiger partial charge on any atom is -0.373 e. The molecule has 1 aromatic heterocycles. The molecule has 0 radical (unpaired) electrons. The molecular weight excluding hydrogens is 309 g/mol. The normalized spacial score (nSPS) is 10.8. The SMILES string of the molecule is CNc1cc(C(C)C)nc(-c2cc(F)ccc2Br)n1. The molecule has 0 unspecified atom stereocenters. The molecule has 0 fully saturated rings. The number of rotatable bonds is 3. The molecule has 0 spiro atoms. The van der Waals surface area contributed by atoms with Gasteiger partial charge in [0.25, 0.3) is 0 Å². The van der Waals surface area contributed by atoms with E-state index in [1.54, 1.807) is 13.1 Å². The predicted molar refractivity (Wildman–Crippen MR) is 78.8 cm³/mol. The first-order chi connectivity index (χ1) is 9.01. The third kappa shape index (κ3) is 3.10. The van der Waals surface area contributed by atoms with Crippen molar-refractivity contribution in [1.82, 2.24) is 9.97 Å². The molecule has 3 nitrogen and oxygen atoms in total. The number of nitrogens with one attached hydrogen (secondary N) is 1. The second kappa shape index (κ2) is 5.65. The first-order valence-corrected chi connectivity index (χ1v) is 6.82. The topological polar surface area (TPSA) is 37.8 Å². The van der Waals surface area contributed by atoms with Crippen molar-refractivity contribution in [3.05, 3.63) is 40.2 Å². The number of benzene rings is 1. The lowest BCUT2D eigenvalue weighted by Gasteiger charge is -2.11. The van der Waals surface area contributed by atoms with Crippen LogP contribution in [-0.4, -0.2) is 17.0 Å². The highest BCUT2D eigenvalue weighted by Gasteiger charge is 2.12. The quantitative estimate of drug-likeness (QED) is 0.919. The Morgan fingerprint density at radius 2 is 1.95 bits per heavy atom. The lowest BCUT2D eigenvalue weighted by atomic mass is 10.1. The molecule has 0 aliphatic carbocycles. The summed E-state index contributed by atoms with van der Waals surface area (Å²) in [5, 5.41) is 3.01. The molecule has 0 aliphatic heterocycles. The van der Waals surface area contributed by atoms with E-state index < -0.39 is 0 Å². The zero-order valence-electron chi connectivity index (χ0n) is 11.0.